The molecule has 2 atom stereocenters. The Labute approximate surface area is 119 Å². The molecule has 0 radical (unpaired) electrons. The lowest BCUT2D eigenvalue weighted by molar-refractivity contribution is -0.128. The molecule has 0 fully saturated rings. The van der Waals surface area contributed by atoms with E-state index in [2.05, 4.69) is 5.32 Å². The molecule has 5 heteroatoms. The highest BCUT2D eigenvalue weighted by atomic mass is 16.2. The molecular weight excluding hydrogens is 254 g/mol. The molecule has 1 rings (SSSR count). The molecule has 1 aromatic carbocycles. The maximum atomic E-state index is 12.0. The lowest BCUT2D eigenvalue weighted by Gasteiger charge is -2.20. The molecule has 20 heavy (non-hydrogen) atoms. The number of benzene rings is 1. The van der Waals surface area contributed by atoms with Crippen molar-refractivity contribution >= 4 is 11.8 Å². The first-order chi connectivity index (χ1) is 9.40. The fourth-order valence-corrected chi connectivity index (χ4v) is 1.96. The number of carbonyl (C=O) groups excluding carboxylic acids is 2. The van der Waals surface area contributed by atoms with Gasteiger partial charge in [0.25, 0.3) is 0 Å². The Balaban J connectivity index is 2.57. The second-order valence-corrected chi connectivity index (χ2v) is 5.39. The Hall–Kier alpha value is -1.88. The molecule has 1 aromatic rings. The molecule has 110 valence electrons. The van der Waals surface area contributed by atoms with Crippen molar-refractivity contribution in [1.29, 1.82) is 0 Å². The van der Waals surface area contributed by atoms with Crippen LogP contribution in [0.3, 0.4) is 0 Å². The Morgan fingerprint density at radius 2 is 1.80 bits per heavy atom. The lowest BCUT2D eigenvalue weighted by Crippen LogP contribution is -2.51. The van der Waals surface area contributed by atoms with E-state index in [-0.39, 0.29) is 11.8 Å². The Kier molecular flexibility index (Phi) is 6.18. The standard InChI is InChI=1S/C15H23N3O2/c1-10(2)8-13(14(17)19)18-15(20)12(16)9-11-6-4-3-5-7-11/h3-7,10,12-13H,8-9,16H2,1-2H3,(H2,17,19)(H,18,20). The van der Waals surface area contributed by atoms with Crippen LogP contribution >= 0.6 is 0 Å². The molecule has 0 aromatic heterocycles. The average molecular weight is 277 g/mol. The van der Waals surface area contributed by atoms with Crippen molar-refractivity contribution in [2.75, 3.05) is 0 Å². The summed E-state index contributed by atoms with van der Waals surface area (Å²) in [4.78, 5) is 23.3. The van der Waals surface area contributed by atoms with Crippen LogP contribution in [0.1, 0.15) is 25.8 Å². The molecule has 0 aliphatic heterocycles. The molecule has 0 bridgehead atoms. The van der Waals surface area contributed by atoms with Gasteiger partial charge in [-0.15, -0.1) is 0 Å². The summed E-state index contributed by atoms with van der Waals surface area (Å²) in [5.74, 6) is -0.615. The van der Waals surface area contributed by atoms with Gasteiger partial charge in [-0.05, 0) is 24.3 Å². The molecule has 2 amide bonds. The molecule has 2 unspecified atom stereocenters. The van der Waals surface area contributed by atoms with Gasteiger partial charge in [-0.3, -0.25) is 9.59 Å². The maximum Gasteiger partial charge on any atom is 0.240 e. The topological polar surface area (TPSA) is 98.2 Å². The summed E-state index contributed by atoms with van der Waals surface area (Å²) in [6, 6.07) is 8.16. The van der Waals surface area contributed by atoms with Crippen LogP contribution in [0.15, 0.2) is 30.3 Å². The van der Waals surface area contributed by atoms with Gasteiger partial charge in [-0.1, -0.05) is 44.2 Å². The molecule has 0 aliphatic rings. The largest absolute Gasteiger partial charge is 0.368 e. The molecule has 0 saturated heterocycles. The Morgan fingerprint density at radius 1 is 1.20 bits per heavy atom. The van der Waals surface area contributed by atoms with Crippen molar-refractivity contribution in [3.8, 4) is 0 Å². The van der Waals surface area contributed by atoms with E-state index in [4.69, 9.17) is 11.5 Å². The summed E-state index contributed by atoms with van der Waals surface area (Å²) >= 11 is 0. The highest BCUT2D eigenvalue weighted by Crippen LogP contribution is 2.06. The minimum absolute atomic E-state index is 0.262. The van der Waals surface area contributed by atoms with Crippen LogP contribution < -0.4 is 16.8 Å². The highest BCUT2D eigenvalue weighted by molar-refractivity contribution is 5.89. The zero-order valence-electron chi connectivity index (χ0n) is 12.0. The normalized spacial score (nSPS) is 13.8. The van der Waals surface area contributed by atoms with Gasteiger partial charge in [-0.2, -0.15) is 0 Å². The quantitative estimate of drug-likeness (QED) is 0.679. The summed E-state index contributed by atoms with van der Waals surface area (Å²) in [7, 11) is 0. The van der Waals surface area contributed by atoms with Gasteiger partial charge in [-0.25, -0.2) is 0 Å². The number of hydrogen-bond acceptors (Lipinski definition) is 3. The van der Waals surface area contributed by atoms with Gasteiger partial charge < -0.3 is 16.8 Å². The minimum atomic E-state index is -0.689. The zero-order valence-corrected chi connectivity index (χ0v) is 12.0. The summed E-state index contributed by atoms with van der Waals surface area (Å²) in [6.07, 6.45) is 0.943. The van der Waals surface area contributed by atoms with Crippen molar-refractivity contribution in [3.63, 3.8) is 0 Å². The number of nitrogens with two attached hydrogens (primary N) is 2. The van der Waals surface area contributed by atoms with Crippen LogP contribution in [-0.2, 0) is 16.0 Å². The van der Waals surface area contributed by atoms with E-state index in [9.17, 15) is 9.59 Å². The van der Waals surface area contributed by atoms with Gasteiger partial charge in [0.1, 0.15) is 6.04 Å². The van der Waals surface area contributed by atoms with Gasteiger partial charge in [0.05, 0.1) is 6.04 Å². The molecule has 0 heterocycles. The number of carbonyl (C=O) groups is 2. The summed E-state index contributed by atoms with van der Waals surface area (Å²) in [5.41, 5.74) is 12.1. The van der Waals surface area contributed by atoms with Crippen LogP contribution in [-0.4, -0.2) is 23.9 Å². The molecule has 0 spiro atoms. The third-order valence-corrected chi connectivity index (χ3v) is 3.00. The van der Waals surface area contributed by atoms with Crippen LogP contribution in [0, 0.1) is 5.92 Å². The van der Waals surface area contributed by atoms with Crippen molar-refractivity contribution in [2.24, 2.45) is 17.4 Å². The molecule has 5 nitrogen and oxygen atoms in total. The van der Waals surface area contributed by atoms with E-state index in [0.717, 1.165) is 5.56 Å². The van der Waals surface area contributed by atoms with Crippen molar-refractivity contribution < 1.29 is 9.59 Å². The fraction of sp³-hybridized carbons (Fsp3) is 0.467. The second-order valence-electron chi connectivity index (χ2n) is 5.39. The third-order valence-electron chi connectivity index (χ3n) is 3.00. The highest BCUT2D eigenvalue weighted by Gasteiger charge is 2.22. The van der Waals surface area contributed by atoms with E-state index >= 15 is 0 Å². The maximum absolute atomic E-state index is 12.0. The van der Waals surface area contributed by atoms with Crippen LogP contribution in [0.5, 0.6) is 0 Å². The first-order valence-electron chi connectivity index (χ1n) is 6.79. The summed E-state index contributed by atoms with van der Waals surface area (Å²) < 4.78 is 0. The van der Waals surface area contributed by atoms with E-state index in [1.54, 1.807) is 0 Å². The third kappa shape index (κ3) is 5.40. The van der Waals surface area contributed by atoms with Crippen molar-refractivity contribution in [2.45, 2.75) is 38.8 Å². The zero-order chi connectivity index (χ0) is 15.1. The van der Waals surface area contributed by atoms with Crippen LogP contribution in [0.4, 0.5) is 0 Å². The van der Waals surface area contributed by atoms with Crippen molar-refractivity contribution in [1.82, 2.24) is 5.32 Å². The predicted octanol–water partition coefficient (Wildman–Crippen LogP) is 0.573. The summed E-state index contributed by atoms with van der Waals surface area (Å²) in [6.45, 7) is 3.93. The molecule has 5 N–H and O–H groups in total. The summed E-state index contributed by atoms with van der Waals surface area (Å²) in [5, 5.41) is 2.63. The van der Waals surface area contributed by atoms with E-state index in [1.165, 1.54) is 0 Å². The molecule has 0 aliphatic carbocycles. The SMILES string of the molecule is CC(C)CC(NC(=O)C(N)Cc1ccccc1)C(N)=O. The number of rotatable bonds is 7. The molecular formula is C15H23N3O2. The number of hydrogen-bond donors (Lipinski definition) is 3. The van der Waals surface area contributed by atoms with Crippen molar-refractivity contribution in [3.05, 3.63) is 35.9 Å². The molecule has 0 saturated carbocycles. The Morgan fingerprint density at radius 3 is 2.30 bits per heavy atom. The van der Waals surface area contributed by atoms with E-state index in [1.807, 2.05) is 44.2 Å². The average Bonchev–Trinajstić information content (AvgIpc) is 2.38. The van der Waals surface area contributed by atoms with Gasteiger partial charge in [0.2, 0.25) is 11.8 Å². The van der Waals surface area contributed by atoms with E-state index in [0.29, 0.717) is 12.8 Å². The second kappa shape index (κ2) is 7.65. The van der Waals surface area contributed by atoms with Gasteiger partial charge >= 0.3 is 0 Å². The lowest BCUT2D eigenvalue weighted by atomic mass is 10.0. The first-order valence-corrected chi connectivity index (χ1v) is 6.79. The Bertz CT molecular complexity index is 446. The van der Waals surface area contributed by atoms with Crippen LogP contribution in [0.2, 0.25) is 0 Å². The minimum Gasteiger partial charge on any atom is -0.368 e. The predicted molar refractivity (Wildman–Crippen MR) is 78.7 cm³/mol. The van der Waals surface area contributed by atoms with Gasteiger partial charge in [0, 0.05) is 0 Å². The number of nitrogens with one attached hydrogen (secondary N) is 1. The number of amides is 2. The van der Waals surface area contributed by atoms with Crippen LogP contribution in [0.25, 0.3) is 0 Å². The fourth-order valence-electron chi connectivity index (χ4n) is 1.96. The number of primary amides is 1. The van der Waals surface area contributed by atoms with E-state index < -0.39 is 18.0 Å². The monoisotopic (exact) mass is 277 g/mol. The first kappa shape index (κ1) is 16.2. The smallest absolute Gasteiger partial charge is 0.240 e. The van der Waals surface area contributed by atoms with Gasteiger partial charge in [0.15, 0.2) is 0 Å².